The Bertz CT molecular complexity index is 259. The van der Waals surface area contributed by atoms with Crippen LogP contribution in [0.15, 0.2) is 0 Å². The summed E-state index contributed by atoms with van der Waals surface area (Å²) in [6, 6.07) is 0. The quantitative estimate of drug-likeness (QED) is 0.134. The van der Waals surface area contributed by atoms with Crippen LogP contribution in [0.1, 0.15) is 117 Å². The first kappa shape index (κ1) is 24.9. The Kier molecular flexibility index (Phi) is 17.3. The third-order valence-corrected chi connectivity index (χ3v) is 5.21. The fourth-order valence-corrected chi connectivity index (χ4v) is 3.46. The van der Waals surface area contributed by atoms with Gasteiger partial charge >= 0.3 is 0 Å². The van der Waals surface area contributed by atoms with Crippen LogP contribution in [-0.4, -0.2) is 38.5 Å². The molecule has 0 aromatic carbocycles. The third-order valence-electron chi connectivity index (χ3n) is 5.21. The summed E-state index contributed by atoms with van der Waals surface area (Å²) < 4.78 is 7.05. The van der Waals surface area contributed by atoms with Crippen LogP contribution in [0.5, 0.6) is 0 Å². The van der Waals surface area contributed by atoms with Gasteiger partial charge in [0.2, 0.25) is 0 Å². The van der Waals surface area contributed by atoms with Gasteiger partial charge in [-0.25, -0.2) is 0 Å². The second-order valence-electron chi connectivity index (χ2n) is 8.83. The van der Waals surface area contributed by atoms with Crippen LogP contribution >= 0.6 is 0 Å². The zero-order valence-corrected chi connectivity index (χ0v) is 18.5. The summed E-state index contributed by atoms with van der Waals surface area (Å²) in [5.74, 6) is 0. The summed E-state index contributed by atoms with van der Waals surface area (Å²) in [6.07, 6.45) is 22.6. The highest BCUT2D eigenvalue weighted by Gasteiger charge is 2.22. The molecule has 1 atom stereocenters. The predicted octanol–water partition coefficient (Wildman–Crippen LogP) is 7.32. The summed E-state index contributed by atoms with van der Waals surface area (Å²) in [5.41, 5.74) is 0. The molecule has 0 aromatic rings. The molecule has 0 amide bonds. The van der Waals surface area contributed by atoms with Gasteiger partial charge in [0, 0.05) is 6.42 Å². The highest BCUT2D eigenvalue weighted by atomic mass is 16.5. The fraction of sp³-hybridized carbons (Fsp3) is 1.00. The van der Waals surface area contributed by atoms with Crippen LogP contribution in [0.3, 0.4) is 0 Å². The summed E-state index contributed by atoms with van der Waals surface area (Å²) in [5, 5.41) is 0. The van der Waals surface area contributed by atoms with Gasteiger partial charge in [-0.3, -0.25) is 0 Å². The summed E-state index contributed by atoms with van der Waals surface area (Å²) in [7, 11) is 6.72. The van der Waals surface area contributed by atoms with Crippen LogP contribution in [-0.2, 0) is 4.74 Å². The van der Waals surface area contributed by atoms with Crippen molar-refractivity contribution in [1.82, 2.24) is 0 Å². The van der Waals surface area contributed by atoms with Crippen molar-refractivity contribution in [3.63, 3.8) is 0 Å². The van der Waals surface area contributed by atoms with E-state index < -0.39 is 0 Å². The molecule has 0 aliphatic carbocycles. The topological polar surface area (TPSA) is 9.23 Å². The average Bonchev–Trinajstić information content (AvgIpc) is 2.56. The average molecular weight is 357 g/mol. The van der Waals surface area contributed by atoms with E-state index in [9.17, 15) is 0 Å². The molecule has 0 aromatic heterocycles. The molecule has 152 valence electrons. The van der Waals surface area contributed by atoms with Crippen molar-refractivity contribution >= 4 is 0 Å². The van der Waals surface area contributed by atoms with Crippen LogP contribution in [0, 0.1) is 0 Å². The Labute approximate surface area is 160 Å². The largest absolute Gasteiger partial charge is 0.329 e. The number of rotatable bonds is 19. The summed E-state index contributed by atoms with van der Waals surface area (Å²) in [4.78, 5) is 0. The van der Waals surface area contributed by atoms with Gasteiger partial charge in [0.15, 0.2) is 6.23 Å². The fourth-order valence-electron chi connectivity index (χ4n) is 3.46. The van der Waals surface area contributed by atoms with Crippen molar-refractivity contribution in [3.8, 4) is 0 Å². The maximum Gasteiger partial charge on any atom is 0.192 e. The van der Waals surface area contributed by atoms with E-state index >= 15 is 0 Å². The maximum atomic E-state index is 6.13. The van der Waals surface area contributed by atoms with Gasteiger partial charge in [0.25, 0.3) is 0 Å². The molecule has 0 spiro atoms. The molecule has 0 aliphatic rings. The highest BCUT2D eigenvalue weighted by molar-refractivity contribution is 4.50. The van der Waals surface area contributed by atoms with E-state index in [1.54, 1.807) is 0 Å². The predicted molar refractivity (Wildman–Crippen MR) is 113 cm³/mol. The molecule has 2 heteroatoms. The van der Waals surface area contributed by atoms with E-state index in [1.165, 1.54) is 103 Å². The van der Waals surface area contributed by atoms with Crippen LogP contribution in [0.2, 0.25) is 0 Å². The lowest BCUT2D eigenvalue weighted by Crippen LogP contribution is -2.46. The van der Waals surface area contributed by atoms with Crippen molar-refractivity contribution in [2.24, 2.45) is 0 Å². The summed E-state index contributed by atoms with van der Waals surface area (Å²) in [6.45, 7) is 5.48. The molecule has 0 saturated carbocycles. The third kappa shape index (κ3) is 17.1. The van der Waals surface area contributed by atoms with Crippen molar-refractivity contribution in [1.29, 1.82) is 0 Å². The number of hydrogen-bond acceptors (Lipinski definition) is 1. The number of nitrogens with zero attached hydrogens (tertiary/aromatic N) is 1. The molecular weight excluding hydrogens is 306 g/mol. The SMILES string of the molecule is CCCCCCCCCCCCCCCCOC(CCC)[N+](C)(C)C. The molecular formula is C23H50NO+. The number of ether oxygens (including phenoxy) is 1. The van der Waals surface area contributed by atoms with E-state index in [2.05, 4.69) is 35.0 Å². The first-order valence-corrected chi connectivity index (χ1v) is 11.4. The van der Waals surface area contributed by atoms with Gasteiger partial charge in [-0.15, -0.1) is 0 Å². The normalized spacial score (nSPS) is 13.3. The first-order valence-electron chi connectivity index (χ1n) is 11.4. The second-order valence-corrected chi connectivity index (χ2v) is 8.83. The Hall–Kier alpha value is -0.0800. The second kappa shape index (κ2) is 17.3. The van der Waals surface area contributed by atoms with Crippen LogP contribution < -0.4 is 0 Å². The van der Waals surface area contributed by atoms with Crippen molar-refractivity contribution in [2.45, 2.75) is 123 Å². The van der Waals surface area contributed by atoms with E-state index in [0.29, 0.717) is 6.23 Å². The molecule has 0 radical (unpaired) electrons. The van der Waals surface area contributed by atoms with Crippen molar-refractivity contribution < 1.29 is 9.22 Å². The molecule has 0 bridgehead atoms. The van der Waals surface area contributed by atoms with Gasteiger partial charge in [-0.1, -0.05) is 97.3 Å². The first-order chi connectivity index (χ1) is 12.0. The van der Waals surface area contributed by atoms with Gasteiger partial charge in [0.05, 0.1) is 27.7 Å². The van der Waals surface area contributed by atoms with E-state index in [-0.39, 0.29) is 0 Å². The lowest BCUT2D eigenvalue weighted by molar-refractivity contribution is -0.920. The van der Waals surface area contributed by atoms with E-state index in [4.69, 9.17) is 4.74 Å². The molecule has 25 heavy (non-hydrogen) atoms. The van der Waals surface area contributed by atoms with Crippen molar-refractivity contribution in [2.75, 3.05) is 27.7 Å². The summed E-state index contributed by atoms with van der Waals surface area (Å²) >= 11 is 0. The number of hydrogen-bond donors (Lipinski definition) is 0. The Balaban J connectivity index is 3.28. The molecule has 0 heterocycles. The number of quaternary nitrogens is 1. The zero-order valence-electron chi connectivity index (χ0n) is 18.5. The Morgan fingerprint density at radius 3 is 1.32 bits per heavy atom. The van der Waals surface area contributed by atoms with Gasteiger partial charge in [-0.2, -0.15) is 0 Å². The Morgan fingerprint density at radius 2 is 0.960 bits per heavy atom. The van der Waals surface area contributed by atoms with Gasteiger partial charge in [-0.05, 0) is 12.8 Å². The van der Waals surface area contributed by atoms with Gasteiger partial charge < -0.3 is 9.22 Å². The zero-order chi connectivity index (χ0) is 18.8. The standard InChI is InChI=1S/C23H50NO/c1-6-8-9-10-11-12-13-14-15-16-17-18-19-20-22-25-23(21-7-2)24(3,4)5/h23H,6-22H2,1-5H3/q+1. The smallest absolute Gasteiger partial charge is 0.192 e. The monoisotopic (exact) mass is 356 g/mol. The molecule has 0 aliphatic heterocycles. The molecule has 2 nitrogen and oxygen atoms in total. The maximum absolute atomic E-state index is 6.13. The molecule has 0 saturated heterocycles. The molecule has 0 rings (SSSR count). The molecule has 0 N–H and O–H groups in total. The van der Waals surface area contributed by atoms with Gasteiger partial charge in [0.1, 0.15) is 0 Å². The minimum absolute atomic E-state index is 0.368. The minimum Gasteiger partial charge on any atom is -0.329 e. The van der Waals surface area contributed by atoms with Crippen LogP contribution in [0.4, 0.5) is 0 Å². The Morgan fingerprint density at radius 1 is 0.560 bits per heavy atom. The molecule has 1 unspecified atom stereocenters. The lowest BCUT2D eigenvalue weighted by Gasteiger charge is -2.33. The molecule has 0 fully saturated rings. The van der Waals surface area contributed by atoms with E-state index in [0.717, 1.165) is 11.1 Å². The van der Waals surface area contributed by atoms with Crippen LogP contribution in [0.25, 0.3) is 0 Å². The lowest BCUT2D eigenvalue weighted by atomic mass is 10.0. The minimum atomic E-state index is 0.368. The van der Waals surface area contributed by atoms with Crippen molar-refractivity contribution in [3.05, 3.63) is 0 Å². The highest BCUT2D eigenvalue weighted by Crippen LogP contribution is 2.14. The number of unbranched alkanes of at least 4 members (excludes halogenated alkanes) is 13. The van der Waals surface area contributed by atoms with E-state index in [1.807, 2.05) is 0 Å².